The van der Waals surface area contributed by atoms with Crippen LogP contribution < -0.4 is 5.32 Å². The Morgan fingerprint density at radius 1 is 1.17 bits per heavy atom. The van der Waals surface area contributed by atoms with Gasteiger partial charge in [-0.05, 0) is 77.1 Å². The highest BCUT2D eigenvalue weighted by Gasteiger charge is 2.31. The number of nitrogens with zero attached hydrogens (tertiary/aromatic N) is 4. The van der Waals surface area contributed by atoms with Gasteiger partial charge in [0.05, 0.1) is 22.6 Å². The van der Waals surface area contributed by atoms with E-state index in [1.165, 1.54) is 18.4 Å². The molecule has 2 aromatic heterocycles. The smallest absolute Gasteiger partial charge is 0.269 e. The average Bonchev–Trinajstić information content (AvgIpc) is 3.34. The van der Waals surface area contributed by atoms with E-state index < -0.39 is 0 Å². The van der Waals surface area contributed by atoms with Crippen molar-refractivity contribution < 1.29 is 4.79 Å². The van der Waals surface area contributed by atoms with Gasteiger partial charge < -0.3 is 5.32 Å². The summed E-state index contributed by atoms with van der Waals surface area (Å²) in [5.74, 6) is 0.491. The minimum atomic E-state index is -0.219. The van der Waals surface area contributed by atoms with Crippen molar-refractivity contribution in [2.24, 2.45) is 0 Å². The minimum Gasteiger partial charge on any atom is -0.351 e. The lowest BCUT2D eigenvalue weighted by Gasteiger charge is -2.22. The number of hydrogen-bond acceptors (Lipinski definition) is 3. The summed E-state index contributed by atoms with van der Waals surface area (Å²) in [5.41, 5.74) is 4.80. The van der Waals surface area contributed by atoms with E-state index in [4.69, 9.17) is 5.10 Å². The fraction of sp³-hybridized carbons (Fsp3) is 0.458. The molecule has 1 saturated carbocycles. The Bertz CT molecular complexity index is 1020. The molecule has 0 unspecified atom stereocenters. The molecule has 0 bridgehead atoms. The van der Waals surface area contributed by atoms with Gasteiger partial charge in [-0.1, -0.05) is 18.2 Å². The molecule has 1 N–H and O–H groups in total. The Hall–Kier alpha value is -2.89. The van der Waals surface area contributed by atoms with Crippen LogP contribution in [0.4, 0.5) is 0 Å². The first-order chi connectivity index (χ1) is 14.3. The Kier molecular flexibility index (Phi) is 5.50. The maximum absolute atomic E-state index is 12.8. The van der Waals surface area contributed by atoms with Crippen molar-refractivity contribution >= 4 is 5.91 Å². The third-order valence-corrected chi connectivity index (χ3v) is 5.52. The minimum absolute atomic E-state index is 0.0407. The van der Waals surface area contributed by atoms with Crippen molar-refractivity contribution in [2.75, 3.05) is 6.54 Å². The van der Waals surface area contributed by atoms with E-state index in [1.54, 1.807) is 0 Å². The Morgan fingerprint density at radius 2 is 1.90 bits per heavy atom. The molecule has 0 saturated heterocycles. The second kappa shape index (κ2) is 8.09. The number of para-hydroxylation sites is 1. The number of carbonyl (C=O) groups is 1. The number of hydrogen-bond donors (Lipinski definition) is 1. The van der Waals surface area contributed by atoms with Crippen LogP contribution in [0.15, 0.2) is 42.6 Å². The molecule has 1 aliphatic rings. The zero-order chi connectivity index (χ0) is 21.3. The number of rotatable bonds is 7. The highest BCUT2D eigenvalue weighted by Crippen LogP contribution is 2.40. The predicted octanol–water partition coefficient (Wildman–Crippen LogP) is 4.37. The first-order valence-corrected chi connectivity index (χ1v) is 10.8. The maximum atomic E-state index is 12.8. The van der Waals surface area contributed by atoms with E-state index in [1.807, 2.05) is 52.7 Å². The zero-order valence-electron chi connectivity index (χ0n) is 18.4. The molecule has 30 heavy (non-hydrogen) atoms. The lowest BCUT2D eigenvalue weighted by atomic mass is 10.1. The van der Waals surface area contributed by atoms with E-state index in [2.05, 4.69) is 37.4 Å². The topological polar surface area (TPSA) is 64.7 Å². The Labute approximate surface area is 178 Å². The van der Waals surface area contributed by atoms with Gasteiger partial charge >= 0.3 is 0 Å². The fourth-order valence-electron chi connectivity index (χ4n) is 3.68. The Balaban J connectivity index is 1.35. The summed E-state index contributed by atoms with van der Waals surface area (Å²) in [5, 5.41) is 12.4. The normalized spacial score (nSPS) is 14.1. The zero-order valence-corrected chi connectivity index (χ0v) is 18.4. The van der Waals surface area contributed by atoms with E-state index in [0.717, 1.165) is 29.9 Å². The largest absolute Gasteiger partial charge is 0.351 e. The van der Waals surface area contributed by atoms with Crippen LogP contribution in [0, 0.1) is 6.92 Å². The van der Waals surface area contributed by atoms with Crippen LogP contribution >= 0.6 is 0 Å². The van der Waals surface area contributed by atoms with E-state index >= 15 is 0 Å². The summed E-state index contributed by atoms with van der Waals surface area (Å²) in [6.07, 6.45) is 6.19. The van der Waals surface area contributed by atoms with E-state index in [9.17, 15) is 4.79 Å². The van der Waals surface area contributed by atoms with Gasteiger partial charge in [-0.3, -0.25) is 9.48 Å². The molecular formula is C24H31N5O. The second-order valence-electron chi connectivity index (χ2n) is 9.19. The summed E-state index contributed by atoms with van der Waals surface area (Å²) in [7, 11) is 0. The van der Waals surface area contributed by atoms with Crippen molar-refractivity contribution in [2.45, 2.75) is 64.8 Å². The number of aryl methyl sites for hydroxylation is 2. The van der Waals surface area contributed by atoms with Gasteiger partial charge in [-0.2, -0.15) is 10.2 Å². The molecule has 1 aromatic carbocycles. The second-order valence-corrected chi connectivity index (χ2v) is 9.19. The van der Waals surface area contributed by atoms with Crippen molar-refractivity contribution in [3.63, 3.8) is 0 Å². The predicted molar refractivity (Wildman–Crippen MR) is 118 cm³/mol. The van der Waals surface area contributed by atoms with Gasteiger partial charge in [0.25, 0.3) is 5.91 Å². The van der Waals surface area contributed by atoms with E-state index in [-0.39, 0.29) is 11.4 Å². The molecule has 6 heteroatoms. The van der Waals surface area contributed by atoms with Crippen LogP contribution in [0.5, 0.6) is 0 Å². The Morgan fingerprint density at radius 3 is 2.57 bits per heavy atom. The third kappa shape index (κ3) is 4.48. The van der Waals surface area contributed by atoms with Crippen LogP contribution in [0.25, 0.3) is 5.69 Å². The van der Waals surface area contributed by atoms with Crippen LogP contribution in [0.3, 0.4) is 0 Å². The van der Waals surface area contributed by atoms with Crippen LogP contribution in [-0.2, 0) is 12.0 Å². The number of amides is 1. The molecule has 6 nitrogen and oxygen atoms in total. The lowest BCUT2D eigenvalue weighted by Crippen LogP contribution is -2.32. The van der Waals surface area contributed by atoms with Gasteiger partial charge in [0.15, 0.2) is 0 Å². The SMILES string of the molecule is Cc1nn(-c2ccccc2)cc1CCCNC(=O)c1cc(C2CC2)nn1C(C)(C)C. The number of carbonyl (C=O) groups excluding carboxylic acids is 1. The highest BCUT2D eigenvalue weighted by molar-refractivity contribution is 5.92. The first kappa shape index (κ1) is 20.4. The standard InChI is InChI=1S/C24H31N5O/c1-17-19(16-28(26-17)20-10-6-5-7-11-20)9-8-14-25-23(30)22-15-21(18-12-13-18)27-29(22)24(2,3)4/h5-7,10-11,15-16,18H,8-9,12-14H2,1-4H3,(H,25,30). The average molecular weight is 406 g/mol. The third-order valence-electron chi connectivity index (χ3n) is 5.52. The monoisotopic (exact) mass is 405 g/mol. The molecular weight excluding hydrogens is 374 g/mol. The van der Waals surface area contributed by atoms with Crippen LogP contribution in [0.1, 0.15) is 73.4 Å². The number of nitrogens with one attached hydrogen (secondary N) is 1. The summed E-state index contributed by atoms with van der Waals surface area (Å²) in [4.78, 5) is 12.8. The molecule has 3 aromatic rings. The molecule has 0 atom stereocenters. The van der Waals surface area contributed by atoms with Gasteiger partial charge in [0.2, 0.25) is 0 Å². The van der Waals surface area contributed by atoms with E-state index in [0.29, 0.717) is 18.2 Å². The van der Waals surface area contributed by atoms with Gasteiger partial charge in [0.1, 0.15) is 5.69 Å². The first-order valence-electron chi connectivity index (χ1n) is 10.8. The van der Waals surface area contributed by atoms with Crippen LogP contribution in [0.2, 0.25) is 0 Å². The molecule has 0 radical (unpaired) electrons. The number of benzene rings is 1. The lowest BCUT2D eigenvalue weighted by molar-refractivity contribution is 0.0935. The van der Waals surface area contributed by atoms with Crippen molar-refractivity contribution in [1.29, 1.82) is 0 Å². The summed E-state index contributed by atoms with van der Waals surface area (Å²) in [6, 6.07) is 12.1. The summed E-state index contributed by atoms with van der Waals surface area (Å²) in [6.45, 7) is 8.92. The molecule has 0 spiro atoms. The van der Waals surface area contributed by atoms with Crippen molar-refractivity contribution in [3.8, 4) is 5.69 Å². The molecule has 1 amide bonds. The quantitative estimate of drug-likeness (QED) is 0.594. The number of aromatic nitrogens is 4. The molecule has 0 aliphatic heterocycles. The van der Waals surface area contributed by atoms with Crippen LogP contribution in [-0.4, -0.2) is 32.0 Å². The van der Waals surface area contributed by atoms with Crippen molar-refractivity contribution in [1.82, 2.24) is 24.9 Å². The summed E-state index contributed by atoms with van der Waals surface area (Å²) >= 11 is 0. The molecule has 4 rings (SSSR count). The molecule has 158 valence electrons. The molecule has 1 aliphatic carbocycles. The highest BCUT2D eigenvalue weighted by atomic mass is 16.2. The van der Waals surface area contributed by atoms with Gasteiger partial charge in [-0.25, -0.2) is 4.68 Å². The molecule has 1 fully saturated rings. The molecule has 2 heterocycles. The van der Waals surface area contributed by atoms with Gasteiger partial charge in [-0.15, -0.1) is 0 Å². The van der Waals surface area contributed by atoms with Gasteiger partial charge in [0, 0.05) is 18.7 Å². The summed E-state index contributed by atoms with van der Waals surface area (Å²) < 4.78 is 3.80. The fourth-order valence-corrected chi connectivity index (χ4v) is 3.68. The maximum Gasteiger partial charge on any atom is 0.269 e. The van der Waals surface area contributed by atoms with Crippen molar-refractivity contribution in [3.05, 3.63) is 65.2 Å².